The molecular formula is C18H21N7O2. The summed E-state index contributed by atoms with van der Waals surface area (Å²) in [5, 5.41) is 16.4. The standard InChI is InChI=1S/C18H21N7O2/c1-3-4-15-9-16(24-23-15)18(27)22-14-7-5-13(6-8-14)21-17(26)12(2)25-11-19-10-20-25/h5-12H,3-4H2,1-2H3,(H,21,26)(H,22,27)(H,23,24)/t12-/m0/s1. The topological polar surface area (TPSA) is 118 Å². The molecule has 9 heteroatoms. The van der Waals surface area contributed by atoms with Crippen LogP contribution in [0.15, 0.2) is 43.0 Å². The molecule has 2 amide bonds. The van der Waals surface area contributed by atoms with E-state index in [-0.39, 0.29) is 11.8 Å². The van der Waals surface area contributed by atoms with Gasteiger partial charge < -0.3 is 10.6 Å². The number of nitrogens with zero attached hydrogens (tertiary/aromatic N) is 4. The van der Waals surface area contributed by atoms with Crippen LogP contribution in [0, 0.1) is 0 Å². The van der Waals surface area contributed by atoms with Crippen LogP contribution in [-0.2, 0) is 11.2 Å². The van der Waals surface area contributed by atoms with Gasteiger partial charge in [0.05, 0.1) is 0 Å². The highest BCUT2D eigenvalue weighted by Gasteiger charge is 2.15. The van der Waals surface area contributed by atoms with Crippen LogP contribution < -0.4 is 10.6 Å². The number of aromatic amines is 1. The third kappa shape index (κ3) is 4.57. The Bertz CT molecular complexity index is 900. The Morgan fingerprint density at radius 2 is 1.89 bits per heavy atom. The summed E-state index contributed by atoms with van der Waals surface area (Å²) in [5.41, 5.74) is 2.51. The van der Waals surface area contributed by atoms with Crippen LogP contribution in [-0.4, -0.2) is 36.8 Å². The molecule has 2 aromatic heterocycles. The van der Waals surface area contributed by atoms with Crippen molar-refractivity contribution in [1.82, 2.24) is 25.0 Å². The molecule has 3 rings (SSSR count). The Balaban J connectivity index is 1.58. The SMILES string of the molecule is CCCc1cc(C(=O)Nc2ccc(NC(=O)[C@H](C)n3cncn3)cc2)n[nH]1. The zero-order chi connectivity index (χ0) is 19.2. The molecule has 0 aliphatic heterocycles. The Morgan fingerprint density at radius 3 is 2.52 bits per heavy atom. The lowest BCUT2D eigenvalue weighted by molar-refractivity contribution is -0.119. The lowest BCUT2D eigenvalue weighted by Gasteiger charge is -2.12. The molecule has 1 aromatic carbocycles. The van der Waals surface area contributed by atoms with Gasteiger partial charge in [0.1, 0.15) is 18.7 Å². The van der Waals surface area contributed by atoms with Gasteiger partial charge in [-0.3, -0.25) is 14.7 Å². The summed E-state index contributed by atoms with van der Waals surface area (Å²) in [6.07, 6.45) is 4.70. The minimum absolute atomic E-state index is 0.211. The van der Waals surface area contributed by atoms with Crippen molar-refractivity contribution >= 4 is 23.2 Å². The van der Waals surface area contributed by atoms with E-state index < -0.39 is 6.04 Å². The van der Waals surface area contributed by atoms with E-state index in [1.165, 1.54) is 17.3 Å². The monoisotopic (exact) mass is 367 g/mol. The first-order valence-corrected chi connectivity index (χ1v) is 8.67. The third-order valence-electron chi connectivity index (χ3n) is 4.01. The molecule has 9 nitrogen and oxygen atoms in total. The first-order valence-electron chi connectivity index (χ1n) is 8.67. The molecule has 0 radical (unpaired) electrons. The lowest BCUT2D eigenvalue weighted by atomic mass is 10.2. The number of carbonyl (C=O) groups excluding carboxylic acids is 2. The number of carbonyl (C=O) groups is 2. The fourth-order valence-corrected chi connectivity index (χ4v) is 2.49. The molecule has 0 saturated heterocycles. The van der Waals surface area contributed by atoms with E-state index in [4.69, 9.17) is 0 Å². The number of anilines is 2. The summed E-state index contributed by atoms with van der Waals surface area (Å²) < 4.78 is 1.47. The molecule has 0 bridgehead atoms. The first kappa shape index (κ1) is 18.3. The van der Waals surface area contributed by atoms with Gasteiger partial charge in [-0.1, -0.05) is 13.3 Å². The second kappa shape index (κ2) is 8.26. The molecule has 0 saturated carbocycles. The van der Waals surface area contributed by atoms with Crippen molar-refractivity contribution in [1.29, 1.82) is 0 Å². The molecule has 27 heavy (non-hydrogen) atoms. The molecule has 2 heterocycles. The van der Waals surface area contributed by atoms with Gasteiger partial charge in [0.15, 0.2) is 5.69 Å². The number of hydrogen-bond donors (Lipinski definition) is 3. The predicted molar refractivity (Wildman–Crippen MR) is 100 cm³/mol. The van der Waals surface area contributed by atoms with Crippen molar-refractivity contribution < 1.29 is 9.59 Å². The number of aryl methyl sites for hydroxylation is 1. The molecule has 0 aliphatic carbocycles. The summed E-state index contributed by atoms with van der Waals surface area (Å²) >= 11 is 0. The van der Waals surface area contributed by atoms with Crippen LogP contribution in [0.3, 0.4) is 0 Å². The van der Waals surface area contributed by atoms with Gasteiger partial charge in [0.25, 0.3) is 5.91 Å². The fraction of sp³-hybridized carbons (Fsp3) is 0.278. The van der Waals surface area contributed by atoms with Gasteiger partial charge in [-0.05, 0) is 43.7 Å². The van der Waals surface area contributed by atoms with Crippen molar-refractivity contribution in [3.63, 3.8) is 0 Å². The van der Waals surface area contributed by atoms with Gasteiger partial charge in [-0.2, -0.15) is 10.2 Å². The van der Waals surface area contributed by atoms with E-state index in [2.05, 4.69) is 37.8 Å². The predicted octanol–water partition coefficient (Wildman–Crippen LogP) is 2.41. The van der Waals surface area contributed by atoms with Crippen molar-refractivity contribution in [3.8, 4) is 0 Å². The maximum absolute atomic E-state index is 12.2. The molecule has 0 spiro atoms. The molecular weight excluding hydrogens is 346 g/mol. The number of hydrogen-bond acceptors (Lipinski definition) is 5. The number of aromatic nitrogens is 5. The molecule has 1 atom stereocenters. The van der Waals surface area contributed by atoms with Crippen LogP contribution in [0.2, 0.25) is 0 Å². The van der Waals surface area contributed by atoms with Crippen molar-refractivity contribution in [2.24, 2.45) is 0 Å². The largest absolute Gasteiger partial charge is 0.324 e. The third-order valence-corrected chi connectivity index (χ3v) is 4.01. The number of H-pyrrole nitrogens is 1. The second-order valence-corrected chi connectivity index (χ2v) is 6.10. The molecule has 0 fully saturated rings. The van der Waals surface area contributed by atoms with E-state index in [1.54, 1.807) is 37.3 Å². The van der Waals surface area contributed by atoms with E-state index in [0.717, 1.165) is 18.5 Å². The average molecular weight is 367 g/mol. The van der Waals surface area contributed by atoms with Crippen molar-refractivity contribution in [2.75, 3.05) is 10.6 Å². The number of amides is 2. The Labute approximate surface area is 156 Å². The molecule has 3 aromatic rings. The summed E-state index contributed by atoms with van der Waals surface area (Å²) in [7, 11) is 0. The average Bonchev–Trinajstić information content (AvgIpc) is 3.35. The van der Waals surface area contributed by atoms with Gasteiger partial charge >= 0.3 is 0 Å². The number of rotatable bonds is 7. The Kier molecular flexibility index (Phi) is 5.60. The second-order valence-electron chi connectivity index (χ2n) is 6.10. The first-order chi connectivity index (χ1) is 13.1. The minimum atomic E-state index is -0.483. The lowest BCUT2D eigenvalue weighted by Crippen LogP contribution is -2.24. The van der Waals surface area contributed by atoms with Crippen LogP contribution >= 0.6 is 0 Å². The normalized spacial score (nSPS) is 11.8. The zero-order valence-corrected chi connectivity index (χ0v) is 15.1. The highest BCUT2D eigenvalue weighted by molar-refractivity contribution is 6.03. The summed E-state index contributed by atoms with van der Waals surface area (Å²) in [6.45, 7) is 3.79. The molecule has 0 unspecified atom stereocenters. The van der Waals surface area contributed by atoms with Gasteiger partial charge in [0, 0.05) is 17.1 Å². The van der Waals surface area contributed by atoms with Gasteiger partial charge in [0.2, 0.25) is 5.91 Å². The number of nitrogens with one attached hydrogen (secondary N) is 3. The highest BCUT2D eigenvalue weighted by atomic mass is 16.2. The van der Waals surface area contributed by atoms with E-state index in [0.29, 0.717) is 17.1 Å². The van der Waals surface area contributed by atoms with E-state index in [9.17, 15) is 9.59 Å². The fourth-order valence-electron chi connectivity index (χ4n) is 2.49. The van der Waals surface area contributed by atoms with Crippen LogP contribution in [0.25, 0.3) is 0 Å². The zero-order valence-electron chi connectivity index (χ0n) is 15.1. The van der Waals surface area contributed by atoms with Crippen LogP contribution in [0.4, 0.5) is 11.4 Å². The number of benzene rings is 1. The molecule has 3 N–H and O–H groups in total. The van der Waals surface area contributed by atoms with E-state index in [1.807, 2.05) is 0 Å². The minimum Gasteiger partial charge on any atom is -0.324 e. The smallest absolute Gasteiger partial charge is 0.276 e. The summed E-state index contributed by atoms with van der Waals surface area (Å²) in [6, 6.07) is 8.13. The Hall–Kier alpha value is -3.49. The van der Waals surface area contributed by atoms with Gasteiger partial charge in [-0.25, -0.2) is 9.67 Å². The van der Waals surface area contributed by atoms with Crippen LogP contribution in [0.5, 0.6) is 0 Å². The molecule has 0 aliphatic rings. The highest BCUT2D eigenvalue weighted by Crippen LogP contribution is 2.16. The van der Waals surface area contributed by atoms with Crippen LogP contribution in [0.1, 0.15) is 42.5 Å². The van der Waals surface area contributed by atoms with Crippen molar-refractivity contribution in [3.05, 3.63) is 54.4 Å². The maximum Gasteiger partial charge on any atom is 0.276 e. The molecule has 140 valence electrons. The maximum atomic E-state index is 12.2. The van der Waals surface area contributed by atoms with Gasteiger partial charge in [-0.15, -0.1) is 0 Å². The Morgan fingerprint density at radius 1 is 1.19 bits per heavy atom. The quantitative estimate of drug-likeness (QED) is 0.593. The summed E-state index contributed by atoms with van der Waals surface area (Å²) in [4.78, 5) is 28.3. The van der Waals surface area contributed by atoms with Crippen molar-refractivity contribution in [2.45, 2.75) is 32.7 Å². The summed E-state index contributed by atoms with van der Waals surface area (Å²) in [5.74, 6) is -0.498. The van der Waals surface area contributed by atoms with E-state index >= 15 is 0 Å².